The van der Waals surface area contributed by atoms with Crippen molar-refractivity contribution < 1.29 is 0 Å². The van der Waals surface area contributed by atoms with Gasteiger partial charge in [-0.1, -0.05) is 25.0 Å². The number of hydrogen-bond acceptors (Lipinski definition) is 4. The van der Waals surface area contributed by atoms with E-state index in [4.69, 9.17) is 11.5 Å². The second-order valence-electron chi connectivity index (χ2n) is 4.55. The maximum absolute atomic E-state index is 5.49. The van der Waals surface area contributed by atoms with Gasteiger partial charge >= 0.3 is 0 Å². The van der Waals surface area contributed by atoms with Crippen LogP contribution in [-0.2, 0) is 0 Å². The van der Waals surface area contributed by atoms with Crippen LogP contribution in [0.3, 0.4) is 0 Å². The highest BCUT2D eigenvalue weighted by Crippen LogP contribution is 2.10. The quantitative estimate of drug-likeness (QED) is 0.310. The van der Waals surface area contributed by atoms with E-state index >= 15 is 0 Å². The van der Waals surface area contributed by atoms with Crippen molar-refractivity contribution >= 4 is 0 Å². The zero-order valence-electron chi connectivity index (χ0n) is 12.2. The van der Waals surface area contributed by atoms with Crippen LogP contribution in [0.2, 0.25) is 0 Å². The molecule has 0 aliphatic rings. The van der Waals surface area contributed by atoms with Gasteiger partial charge in [0.1, 0.15) is 0 Å². The van der Waals surface area contributed by atoms with E-state index in [1.54, 1.807) is 0 Å². The molecule has 0 saturated heterocycles. The van der Waals surface area contributed by atoms with Crippen LogP contribution in [0.25, 0.3) is 0 Å². The van der Waals surface area contributed by atoms with Crippen LogP contribution in [0.1, 0.15) is 39.5 Å². The first kappa shape index (κ1) is 17.6. The van der Waals surface area contributed by atoms with Gasteiger partial charge in [-0.05, 0) is 51.9 Å². The number of hydrogen-bond donors (Lipinski definition) is 4. The molecule has 0 amide bonds. The van der Waals surface area contributed by atoms with Gasteiger partial charge in [0, 0.05) is 13.1 Å². The van der Waals surface area contributed by atoms with Crippen molar-refractivity contribution in [3.8, 4) is 0 Å². The third-order valence-electron chi connectivity index (χ3n) is 3.15. The predicted octanol–water partition coefficient (Wildman–Crippen LogP) is 0.980. The van der Waals surface area contributed by atoms with E-state index in [9.17, 15) is 0 Å². The van der Waals surface area contributed by atoms with Crippen molar-refractivity contribution in [3.63, 3.8) is 0 Å². The van der Waals surface area contributed by atoms with Gasteiger partial charge in [0.2, 0.25) is 0 Å². The van der Waals surface area contributed by atoms with Gasteiger partial charge in [-0.25, -0.2) is 0 Å². The molecule has 0 aliphatic carbocycles. The molecule has 0 saturated carbocycles. The maximum Gasteiger partial charge on any atom is 0.0167 e. The minimum Gasteiger partial charge on any atom is -0.330 e. The fraction of sp³-hybridized carbons (Fsp3) is 0.857. The minimum atomic E-state index is 0.763. The van der Waals surface area contributed by atoms with E-state index in [1.807, 2.05) is 0 Å². The van der Waals surface area contributed by atoms with Crippen LogP contribution in [0.15, 0.2) is 11.1 Å². The molecule has 0 aliphatic heterocycles. The highest BCUT2D eigenvalue weighted by Gasteiger charge is 2.03. The van der Waals surface area contributed by atoms with E-state index < -0.39 is 0 Å². The normalized spacial score (nSPS) is 12.7. The van der Waals surface area contributed by atoms with Gasteiger partial charge < -0.3 is 22.1 Å². The molecular formula is C14H32N4. The summed E-state index contributed by atoms with van der Waals surface area (Å²) in [6.45, 7) is 10.0. The molecule has 108 valence electrons. The van der Waals surface area contributed by atoms with Crippen molar-refractivity contribution in [2.75, 3.05) is 39.3 Å². The Balaban J connectivity index is 4.07. The standard InChI is InChI=1S/C14H32N4/c1-3-13(11-17-9-5-7-15)14(4-2)12-18-10-6-8-16/h17-18H,3-12,15-16H2,1-2H3. The topological polar surface area (TPSA) is 76.1 Å². The van der Waals surface area contributed by atoms with E-state index in [0.717, 1.165) is 65.0 Å². The van der Waals surface area contributed by atoms with Crippen LogP contribution in [0, 0.1) is 0 Å². The SMILES string of the molecule is CCC(CNCCCN)=C(CC)CNCCCN. The van der Waals surface area contributed by atoms with E-state index in [1.165, 1.54) is 11.1 Å². The fourth-order valence-corrected chi connectivity index (χ4v) is 1.93. The second kappa shape index (κ2) is 13.0. The van der Waals surface area contributed by atoms with Gasteiger partial charge in [0.15, 0.2) is 0 Å². The van der Waals surface area contributed by atoms with Crippen LogP contribution >= 0.6 is 0 Å². The Morgan fingerprint density at radius 1 is 0.778 bits per heavy atom. The summed E-state index contributed by atoms with van der Waals surface area (Å²) < 4.78 is 0. The Kier molecular flexibility index (Phi) is 12.7. The minimum absolute atomic E-state index is 0.763. The van der Waals surface area contributed by atoms with Crippen molar-refractivity contribution in [1.82, 2.24) is 10.6 Å². The number of rotatable bonds is 12. The van der Waals surface area contributed by atoms with Gasteiger partial charge in [0.05, 0.1) is 0 Å². The van der Waals surface area contributed by atoms with Crippen molar-refractivity contribution in [3.05, 3.63) is 11.1 Å². The molecule has 0 aromatic heterocycles. The van der Waals surface area contributed by atoms with Crippen LogP contribution in [0.5, 0.6) is 0 Å². The van der Waals surface area contributed by atoms with Gasteiger partial charge in [0.25, 0.3) is 0 Å². The second-order valence-corrected chi connectivity index (χ2v) is 4.55. The molecule has 4 heteroatoms. The third-order valence-corrected chi connectivity index (χ3v) is 3.15. The average Bonchev–Trinajstić information content (AvgIpc) is 2.40. The Bertz CT molecular complexity index is 192. The lowest BCUT2D eigenvalue weighted by Gasteiger charge is -2.15. The van der Waals surface area contributed by atoms with Crippen LogP contribution in [0.4, 0.5) is 0 Å². The first-order valence-corrected chi connectivity index (χ1v) is 7.31. The lowest BCUT2D eigenvalue weighted by Crippen LogP contribution is -2.25. The molecule has 6 N–H and O–H groups in total. The molecule has 18 heavy (non-hydrogen) atoms. The predicted molar refractivity (Wildman–Crippen MR) is 80.7 cm³/mol. The molecule has 0 rings (SSSR count). The maximum atomic E-state index is 5.49. The molecule has 0 aromatic rings. The van der Waals surface area contributed by atoms with Crippen molar-refractivity contribution in [2.24, 2.45) is 11.5 Å². The zero-order valence-corrected chi connectivity index (χ0v) is 12.2. The number of nitrogens with two attached hydrogens (primary N) is 2. The van der Waals surface area contributed by atoms with E-state index in [2.05, 4.69) is 24.5 Å². The molecule has 4 nitrogen and oxygen atoms in total. The Morgan fingerprint density at radius 3 is 1.44 bits per heavy atom. The molecule has 0 fully saturated rings. The Hall–Kier alpha value is -0.420. The lowest BCUT2D eigenvalue weighted by molar-refractivity contribution is 0.652. The summed E-state index contributed by atoms with van der Waals surface area (Å²) >= 11 is 0. The molecule has 0 heterocycles. The summed E-state index contributed by atoms with van der Waals surface area (Å²) in [6, 6.07) is 0. The monoisotopic (exact) mass is 256 g/mol. The van der Waals surface area contributed by atoms with Gasteiger partial charge in [-0.3, -0.25) is 0 Å². The Labute approximate surface area is 113 Å². The van der Waals surface area contributed by atoms with Crippen molar-refractivity contribution in [1.29, 1.82) is 0 Å². The summed E-state index contributed by atoms with van der Waals surface area (Å²) in [5.74, 6) is 0. The van der Waals surface area contributed by atoms with E-state index in [0.29, 0.717) is 0 Å². The molecule has 0 bridgehead atoms. The van der Waals surface area contributed by atoms with Crippen LogP contribution in [-0.4, -0.2) is 39.3 Å². The number of nitrogens with one attached hydrogen (secondary N) is 2. The molecule has 0 unspecified atom stereocenters. The van der Waals surface area contributed by atoms with Crippen LogP contribution < -0.4 is 22.1 Å². The Morgan fingerprint density at radius 2 is 1.17 bits per heavy atom. The molecule has 0 radical (unpaired) electrons. The molecule has 0 spiro atoms. The third kappa shape index (κ3) is 8.64. The van der Waals surface area contributed by atoms with Gasteiger partial charge in [-0.2, -0.15) is 0 Å². The molecular weight excluding hydrogens is 224 g/mol. The largest absolute Gasteiger partial charge is 0.330 e. The summed E-state index contributed by atoms with van der Waals surface area (Å²) in [4.78, 5) is 0. The molecule has 0 atom stereocenters. The summed E-state index contributed by atoms with van der Waals surface area (Å²) in [5, 5.41) is 6.94. The highest BCUT2D eigenvalue weighted by molar-refractivity contribution is 5.16. The smallest absolute Gasteiger partial charge is 0.0167 e. The molecule has 0 aromatic carbocycles. The first-order valence-electron chi connectivity index (χ1n) is 7.31. The highest BCUT2D eigenvalue weighted by atomic mass is 14.9. The summed E-state index contributed by atoms with van der Waals surface area (Å²) in [5.41, 5.74) is 14.0. The lowest BCUT2D eigenvalue weighted by atomic mass is 10.0. The average molecular weight is 256 g/mol. The van der Waals surface area contributed by atoms with Crippen molar-refractivity contribution in [2.45, 2.75) is 39.5 Å². The fourth-order valence-electron chi connectivity index (χ4n) is 1.93. The van der Waals surface area contributed by atoms with Gasteiger partial charge in [-0.15, -0.1) is 0 Å². The first-order chi connectivity index (χ1) is 8.79. The summed E-state index contributed by atoms with van der Waals surface area (Å²) in [6.07, 6.45) is 4.34. The summed E-state index contributed by atoms with van der Waals surface area (Å²) in [7, 11) is 0. The van der Waals surface area contributed by atoms with E-state index in [-0.39, 0.29) is 0 Å². The zero-order chi connectivity index (χ0) is 13.6.